The summed E-state index contributed by atoms with van der Waals surface area (Å²) in [5.74, 6) is 1.22. The fourth-order valence-corrected chi connectivity index (χ4v) is 8.69. The summed E-state index contributed by atoms with van der Waals surface area (Å²) < 4.78 is 6.51. The van der Waals surface area contributed by atoms with Crippen LogP contribution >= 0.6 is 0 Å². The van der Waals surface area contributed by atoms with Gasteiger partial charge in [0.25, 0.3) is 0 Å². The Balaban J connectivity index is 1.45. The summed E-state index contributed by atoms with van der Waals surface area (Å²) in [5, 5.41) is 12.0. The van der Waals surface area contributed by atoms with Gasteiger partial charge < -0.3 is 14.8 Å². The lowest BCUT2D eigenvalue weighted by molar-refractivity contribution is -0.234. The number of ether oxygens (including phenoxy) is 1. The fourth-order valence-electron chi connectivity index (χ4n) is 8.69. The predicted octanol–water partition coefficient (Wildman–Crippen LogP) is 5.31. The zero-order chi connectivity index (χ0) is 22.7. The first-order valence-corrected chi connectivity index (χ1v) is 12.5. The summed E-state index contributed by atoms with van der Waals surface area (Å²) in [5.41, 5.74) is 2.78. The molecule has 1 saturated heterocycles. The Morgan fingerprint density at radius 1 is 1.09 bits per heavy atom. The number of carbonyl (C=O) groups is 1. The summed E-state index contributed by atoms with van der Waals surface area (Å²) in [6.07, 6.45) is 5.17. The van der Waals surface area contributed by atoms with Crippen molar-refractivity contribution in [2.75, 3.05) is 0 Å². The highest BCUT2D eigenvalue weighted by molar-refractivity contribution is 5.88. The van der Waals surface area contributed by atoms with Crippen LogP contribution in [0.15, 0.2) is 24.3 Å². The van der Waals surface area contributed by atoms with Crippen molar-refractivity contribution in [2.45, 2.75) is 96.4 Å². The maximum Gasteiger partial charge on any atom is 0.144 e. The number of aliphatic hydroxyl groups is 1. The quantitative estimate of drug-likeness (QED) is 0.638. The van der Waals surface area contributed by atoms with E-state index >= 15 is 0 Å². The van der Waals surface area contributed by atoms with Crippen LogP contribution in [0, 0.1) is 22.7 Å². The molecular weight excluding hydrogens is 398 g/mol. The summed E-state index contributed by atoms with van der Waals surface area (Å²) >= 11 is 0. The van der Waals surface area contributed by atoms with Gasteiger partial charge in [-0.2, -0.15) is 0 Å². The molecule has 32 heavy (non-hydrogen) atoms. The molecule has 1 aromatic carbocycles. The molecule has 4 nitrogen and oxygen atoms in total. The topological polar surface area (TPSA) is 62.3 Å². The number of Topliss-reactive ketones (excluding diaryl/α,β-unsaturated/α-hetero) is 1. The highest BCUT2D eigenvalue weighted by Crippen LogP contribution is 2.70. The lowest BCUT2D eigenvalue weighted by Gasteiger charge is -2.66. The zero-order valence-electron chi connectivity index (χ0n) is 20.1. The molecule has 7 atom stereocenters. The lowest BCUT2D eigenvalue weighted by atomic mass is 9.39. The standard InChI is InChI=1S/C28H37NO3/c1-25(2,31)23-15-21(30)27(4)20-11-10-16-14-18-17-8-6-7-9-19(17)29-24(18)28(16,5)26(20,3)13-12-22(27)32-23/h6-9,16,20,22-23,29,31H,10-15H2,1-5H3/t16-,20+,22?,23-,26-,27+,28+/m0/s1. The van der Waals surface area contributed by atoms with Crippen molar-refractivity contribution in [2.24, 2.45) is 22.7 Å². The van der Waals surface area contributed by atoms with Gasteiger partial charge in [0.1, 0.15) is 5.78 Å². The minimum absolute atomic E-state index is 0.0334. The molecule has 0 spiro atoms. The van der Waals surface area contributed by atoms with Crippen LogP contribution < -0.4 is 0 Å². The molecule has 2 saturated carbocycles. The third-order valence-electron chi connectivity index (χ3n) is 10.8. The van der Waals surface area contributed by atoms with Crippen molar-refractivity contribution in [3.63, 3.8) is 0 Å². The SMILES string of the molecule is CC(C)(O)[C@@H]1CC(=O)[C@]2(C)C(CC[C@@]3(C)[C@H]2CC[C@H]2Cc4c([nH]c5ccccc45)[C@@]23C)O1. The highest BCUT2D eigenvalue weighted by Gasteiger charge is 2.69. The Morgan fingerprint density at radius 2 is 1.84 bits per heavy atom. The molecule has 2 heterocycles. The second-order valence-corrected chi connectivity index (χ2v) is 12.4. The minimum atomic E-state index is -0.994. The first-order valence-electron chi connectivity index (χ1n) is 12.5. The van der Waals surface area contributed by atoms with Crippen LogP contribution in [0.1, 0.15) is 78.0 Å². The molecule has 0 amide bonds. The van der Waals surface area contributed by atoms with Crippen molar-refractivity contribution < 1.29 is 14.6 Å². The first kappa shape index (κ1) is 20.9. The van der Waals surface area contributed by atoms with Crippen LogP contribution in [-0.2, 0) is 21.4 Å². The average Bonchev–Trinajstić information content (AvgIpc) is 3.23. The molecule has 2 N–H and O–H groups in total. The van der Waals surface area contributed by atoms with Gasteiger partial charge in [-0.25, -0.2) is 0 Å². The largest absolute Gasteiger partial charge is 0.388 e. The van der Waals surface area contributed by atoms with E-state index in [4.69, 9.17) is 4.74 Å². The molecule has 6 rings (SSSR count). The number of benzene rings is 1. The number of rotatable bonds is 1. The number of para-hydroxylation sites is 1. The molecule has 0 radical (unpaired) electrons. The molecule has 0 bridgehead atoms. The Bertz CT molecular complexity index is 1110. The number of nitrogens with one attached hydrogen (secondary N) is 1. The van der Waals surface area contributed by atoms with Crippen LogP contribution in [-0.4, -0.2) is 33.7 Å². The lowest BCUT2D eigenvalue weighted by Crippen LogP contribution is -2.67. The molecule has 3 fully saturated rings. The number of fused-ring (bicyclic) bond motifs is 9. The number of ketones is 1. The van der Waals surface area contributed by atoms with Crippen molar-refractivity contribution >= 4 is 16.7 Å². The summed E-state index contributed by atoms with van der Waals surface area (Å²) in [4.78, 5) is 17.6. The second-order valence-electron chi connectivity index (χ2n) is 12.4. The summed E-state index contributed by atoms with van der Waals surface area (Å²) in [7, 11) is 0. The van der Waals surface area contributed by atoms with Gasteiger partial charge in [0, 0.05) is 28.4 Å². The van der Waals surface area contributed by atoms with E-state index in [9.17, 15) is 9.90 Å². The molecule has 4 heteroatoms. The Morgan fingerprint density at radius 3 is 2.59 bits per heavy atom. The van der Waals surface area contributed by atoms with E-state index in [0.717, 1.165) is 32.1 Å². The Labute approximate surface area is 191 Å². The van der Waals surface area contributed by atoms with Crippen molar-refractivity contribution in [3.8, 4) is 0 Å². The highest BCUT2D eigenvalue weighted by atomic mass is 16.5. The van der Waals surface area contributed by atoms with Crippen molar-refractivity contribution in [1.82, 2.24) is 4.98 Å². The third kappa shape index (κ3) is 2.33. The van der Waals surface area contributed by atoms with Crippen LogP contribution in [0.3, 0.4) is 0 Å². The minimum Gasteiger partial charge on any atom is -0.388 e. The van der Waals surface area contributed by atoms with Gasteiger partial charge in [-0.3, -0.25) is 4.79 Å². The van der Waals surface area contributed by atoms with E-state index in [2.05, 4.69) is 50.0 Å². The van der Waals surface area contributed by atoms with E-state index < -0.39 is 17.1 Å². The third-order valence-corrected chi connectivity index (χ3v) is 10.8. The molecule has 1 aromatic heterocycles. The van der Waals surface area contributed by atoms with Crippen molar-refractivity contribution in [1.29, 1.82) is 0 Å². The van der Waals surface area contributed by atoms with E-state index in [1.165, 1.54) is 22.2 Å². The number of hydrogen-bond acceptors (Lipinski definition) is 3. The van der Waals surface area contributed by atoms with Gasteiger partial charge in [-0.15, -0.1) is 0 Å². The molecular formula is C28H37NO3. The van der Waals surface area contributed by atoms with Crippen LogP contribution in [0.5, 0.6) is 0 Å². The summed E-state index contributed by atoms with van der Waals surface area (Å²) in [6.45, 7) is 10.7. The molecule has 1 unspecified atom stereocenters. The van der Waals surface area contributed by atoms with Gasteiger partial charge in [0.2, 0.25) is 0 Å². The number of aromatic nitrogens is 1. The second kappa shape index (κ2) is 6.27. The molecule has 3 aliphatic carbocycles. The molecule has 2 aromatic rings. The van der Waals surface area contributed by atoms with Crippen molar-refractivity contribution in [3.05, 3.63) is 35.5 Å². The maximum absolute atomic E-state index is 13.8. The fraction of sp³-hybridized carbons (Fsp3) is 0.679. The van der Waals surface area contributed by atoms with Gasteiger partial charge in [-0.1, -0.05) is 32.0 Å². The molecule has 1 aliphatic heterocycles. The zero-order valence-corrected chi connectivity index (χ0v) is 20.1. The van der Waals surface area contributed by atoms with E-state index in [-0.39, 0.29) is 16.9 Å². The number of aromatic amines is 1. The number of H-pyrrole nitrogens is 1. The van der Waals surface area contributed by atoms with Crippen LogP contribution in [0.4, 0.5) is 0 Å². The van der Waals surface area contributed by atoms with E-state index in [0.29, 0.717) is 24.0 Å². The Kier molecular flexibility index (Phi) is 4.10. The van der Waals surface area contributed by atoms with Crippen LogP contribution in [0.25, 0.3) is 10.9 Å². The summed E-state index contributed by atoms with van der Waals surface area (Å²) in [6, 6.07) is 8.72. The monoisotopic (exact) mass is 435 g/mol. The van der Waals surface area contributed by atoms with E-state index in [1.807, 2.05) is 0 Å². The molecule has 4 aliphatic rings. The normalized spacial score (nSPS) is 43.5. The van der Waals surface area contributed by atoms with Crippen LogP contribution in [0.2, 0.25) is 0 Å². The number of hydrogen-bond donors (Lipinski definition) is 2. The van der Waals surface area contributed by atoms with Gasteiger partial charge in [-0.05, 0) is 81.8 Å². The van der Waals surface area contributed by atoms with Gasteiger partial charge >= 0.3 is 0 Å². The number of carbonyl (C=O) groups excluding carboxylic acids is 1. The van der Waals surface area contributed by atoms with Gasteiger partial charge in [0.05, 0.1) is 23.2 Å². The van der Waals surface area contributed by atoms with Gasteiger partial charge in [0.15, 0.2) is 0 Å². The molecule has 172 valence electrons. The Hall–Kier alpha value is -1.65. The predicted molar refractivity (Wildman–Crippen MR) is 126 cm³/mol. The first-order chi connectivity index (χ1) is 15.0. The smallest absolute Gasteiger partial charge is 0.144 e. The average molecular weight is 436 g/mol. The van der Waals surface area contributed by atoms with E-state index in [1.54, 1.807) is 13.8 Å². The maximum atomic E-state index is 13.8.